The van der Waals surface area contributed by atoms with Crippen molar-refractivity contribution in [2.45, 2.75) is 12.2 Å². The van der Waals surface area contributed by atoms with Gasteiger partial charge in [0, 0.05) is 17.2 Å². The number of methoxy groups -OCH3 is 3. The highest BCUT2D eigenvalue weighted by Crippen LogP contribution is 2.47. The van der Waals surface area contributed by atoms with E-state index in [-0.39, 0.29) is 11.2 Å². The Morgan fingerprint density at radius 2 is 1.73 bits per heavy atom. The third-order valence-electron chi connectivity index (χ3n) is 5.05. The summed E-state index contributed by atoms with van der Waals surface area (Å²) in [6.45, 7) is 1.96. The lowest BCUT2D eigenvalue weighted by Gasteiger charge is -2.19. The second-order valence-electron chi connectivity index (χ2n) is 6.80. The number of thioether (sulfide) groups is 1. The predicted molar refractivity (Wildman–Crippen MR) is 117 cm³/mol. The van der Waals surface area contributed by atoms with Gasteiger partial charge in [-0.1, -0.05) is 6.07 Å². The number of hydrogen-bond donors (Lipinski definition) is 1. The van der Waals surface area contributed by atoms with E-state index in [9.17, 15) is 4.79 Å². The molecule has 1 N–H and O–H groups in total. The van der Waals surface area contributed by atoms with E-state index in [0.29, 0.717) is 23.1 Å². The SMILES string of the molecule is COc1ccc(-n2nc(C)c3c2NC(=O)CS[C@@H]3c2ccc(OC)cc2OC)cc1. The van der Waals surface area contributed by atoms with Gasteiger partial charge in [0.2, 0.25) is 5.91 Å². The number of hydrogen-bond acceptors (Lipinski definition) is 6. The average molecular weight is 426 g/mol. The van der Waals surface area contributed by atoms with E-state index >= 15 is 0 Å². The molecule has 0 unspecified atom stereocenters. The highest BCUT2D eigenvalue weighted by atomic mass is 32.2. The first-order chi connectivity index (χ1) is 14.5. The van der Waals surface area contributed by atoms with Gasteiger partial charge in [0.15, 0.2) is 0 Å². The van der Waals surface area contributed by atoms with Gasteiger partial charge in [-0.25, -0.2) is 4.68 Å². The Kier molecular flexibility index (Phi) is 5.59. The van der Waals surface area contributed by atoms with Crippen LogP contribution in [0.3, 0.4) is 0 Å². The number of rotatable bonds is 5. The normalized spacial score (nSPS) is 15.7. The standard InChI is InChI=1S/C22H23N3O4S/c1-13-20-21(17-10-9-16(28-3)11-18(17)29-4)30-12-19(26)23-22(20)25(24-13)14-5-7-15(27-2)8-6-14/h5-11,21H,12H2,1-4H3,(H,23,26)/t21-/m1/s1. The number of anilines is 1. The van der Waals surface area contributed by atoms with Crippen LogP contribution in [0, 0.1) is 6.92 Å². The van der Waals surface area contributed by atoms with Gasteiger partial charge in [0.05, 0.1) is 43.7 Å². The van der Waals surface area contributed by atoms with Gasteiger partial charge >= 0.3 is 0 Å². The first kappa shape index (κ1) is 20.2. The molecular formula is C22H23N3O4S. The van der Waals surface area contributed by atoms with Gasteiger partial charge in [-0.05, 0) is 37.3 Å². The Balaban J connectivity index is 1.86. The number of fused-ring (bicyclic) bond motifs is 1. The van der Waals surface area contributed by atoms with E-state index in [2.05, 4.69) is 5.32 Å². The third kappa shape index (κ3) is 3.59. The van der Waals surface area contributed by atoms with Crippen LogP contribution in [-0.4, -0.2) is 42.8 Å². The zero-order valence-electron chi connectivity index (χ0n) is 17.3. The number of aromatic nitrogens is 2. The fraction of sp³-hybridized carbons (Fsp3) is 0.273. The molecule has 0 fully saturated rings. The lowest BCUT2D eigenvalue weighted by atomic mass is 10.0. The molecule has 1 amide bonds. The molecule has 1 aliphatic heterocycles. The molecule has 0 saturated carbocycles. The molecular weight excluding hydrogens is 402 g/mol. The van der Waals surface area contributed by atoms with E-state index in [0.717, 1.165) is 28.3 Å². The van der Waals surface area contributed by atoms with Crippen LogP contribution in [0.5, 0.6) is 17.2 Å². The number of ether oxygens (including phenoxy) is 3. The van der Waals surface area contributed by atoms with Crippen molar-refractivity contribution in [3.05, 3.63) is 59.3 Å². The smallest absolute Gasteiger partial charge is 0.235 e. The Hall–Kier alpha value is -3.13. The first-order valence-corrected chi connectivity index (χ1v) is 10.5. The summed E-state index contributed by atoms with van der Waals surface area (Å²) < 4.78 is 18.0. The summed E-state index contributed by atoms with van der Waals surface area (Å²) in [5.74, 6) is 3.13. The topological polar surface area (TPSA) is 74.6 Å². The van der Waals surface area contributed by atoms with E-state index in [4.69, 9.17) is 19.3 Å². The van der Waals surface area contributed by atoms with E-state index in [1.165, 1.54) is 0 Å². The molecule has 30 heavy (non-hydrogen) atoms. The second-order valence-corrected chi connectivity index (χ2v) is 7.90. The summed E-state index contributed by atoms with van der Waals surface area (Å²) in [5, 5.41) is 7.67. The van der Waals surface area contributed by atoms with Crippen molar-refractivity contribution in [2.24, 2.45) is 0 Å². The summed E-state index contributed by atoms with van der Waals surface area (Å²) in [6.07, 6.45) is 0. The largest absolute Gasteiger partial charge is 0.497 e. The quantitative estimate of drug-likeness (QED) is 0.667. The molecule has 0 spiro atoms. The van der Waals surface area contributed by atoms with E-state index in [1.807, 2.05) is 49.4 Å². The van der Waals surface area contributed by atoms with Crippen molar-refractivity contribution < 1.29 is 19.0 Å². The molecule has 0 aliphatic carbocycles. The summed E-state index contributed by atoms with van der Waals surface area (Å²) in [6, 6.07) is 13.3. The van der Waals surface area contributed by atoms with Gasteiger partial charge in [-0.2, -0.15) is 5.10 Å². The summed E-state index contributed by atoms with van der Waals surface area (Å²) in [5.41, 5.74) is 3.62. The maximum atomic E-state index is 12.5. The number of aryl methyl sites for hydroxylation is 1. The molecule has 2 aromatic carbocycles. The maximum Gasteiger partial charge on any atom is 0.235 e. The maximum absolute atomic E-state index is 12.5. The molecule has 3 aromatic rings. The fourth-order valence-electron chi connectivity index (χ4n) is 3.57. The first-order valence-electron chi connectivity index (χ1n) is 9.43. The zero-order chi connectivity index (χ0) is 21.3. The Morgan fingerprint density at radius 3 is 2.40 bits per heavy atom. The van der Waals surface area contributed by atoms with Crippen molar-refractivity contribution in [3.63, 3.8) is 0 Å². The van der Waals surface area contributed by atoms with Crippen LogP contribution in [0.25, 0.3) is 5.69 Å². The third-order valence-corrected chi connectivity index (χ3v) is 6.30. The molecule has 1 aliphatic rings. The highest BCUT2D eigenvalue weighted by molar-refractivity contribution is 8.00. The van der Waals surface area contributed by atoms with Crippen LogP contribution in [0.15, 0.2) is 42.5 Å². The fourth-order valence-corrected chi connectivity index (χ4v) is 4.79. The minimum Gasteiger partial charge on any atom is -0.497 e. The molecule has 8 heteroatoms. The molecule has 2 heterocycles. The molecule has 1 atom stereocenters. The lowest BCUT2D eigenvalue weighted by molar-refractivity contribution is -0.113. The Bertz CT molecular complexity index is 1080. The Morgan fingerprint density at radius 1 is 1.03 bits per heavy atom. The van der Waals surface area contributed by atoms with Crippen LogP contribution >= 0.6 is 11.8 Å². The number of carbonyl (C=O) groups excluding carboxylic acids is 1. The predicted octanol–water partition coefficient (Wildman–Crippen LogP) is 3.98. The van der Waals surface area contributed by atoms with Gasteiger partial charge in [-0.3, -0.25) is 4.79 Å². The number of nitrogens with zero attached hydrogens (tertiary/aromatic N) is 2. The van der Waals surface area contributed by atoms with E-state index < -0.39 is 0 Å². The van der Waals surface area contributed by atoms with Crippen LogP contribution in [0.4, 0.5) is 5.82 Å². The summed E-state index contributed by atoms with van der Waals surface area (Å²) in [4.78, 5) is 12.5. The molecule has 7 nitrogen and oxygen atoms in total. The van der Waals surface area contributed by atoms with Crippen LogP contribution in [-0.2, 0) is 4.79 Å². The molecule has 156 valence electrons. The van der Waals surface area contributed by atoms with Gasteiger partial charge in [-0.15, -0.1) is 11.8 Å². The monoisotopic (exact) mass is 425 g/mol. The minimum absolute atomic E-state index is 0.0640. The highest BCUT2D eigenvalue weighted by Gasteiger charge is 2.32. The van der Waals surface area contributed by atoms with Crippen LogP contribution in [0.1, 0.15) is 22.1 Å². The van der Waals surface area contributed by atoms with Gasteiger partial charge in [0.25, 0.3) is 0 Å². The molecule has 0 saturated heterocycles. The van der Waals surface area contributed by atoms with Crippen molar-refractivity contribution >= 4 is 23.5 Å². The van der Waals surface area contributed by atoms with Gasteiger partial charge in [0.1, 0.15) is 23.1 Å². The molecule has 4 rings (SSSR count). The van der Waals surface area contributed by atoms with Crippen LogP contribution in [0.2, 0.25) is 0 Å². The summed E-state index contributed by atoms with van der Waals surface area (Å²) in [7, 11) is 4.89. The molecule has 0 radical (unpaired) electrons. The average Bonchev–Trinajstić information content (AvgIpc) is 2.98. The van der Waals surface area contributed by atoms with Gasteiger partial charge < -0.3 is 19.5 Å². The second kappa shape index (κ2) is 8.31. The van der Waals surface area contributed by atoms with E-state index in [1.54, 1.807) is 37.8 Å². The van der Waals surface area contributed by atoms with Crippen LogP contribution < -0.4 is 19.5 Å². The number of benzene rings is 2. The number of amides is 1. The van der Waals surface area contributed by atoms with Crippen molar-refractivity contribution in [3.8, 4) is 22.9 Å². The van der Waals surface area contributed by atoms with Crippen molar-refractivity contribution in [2.75, 3.05) is 32.4 Å². The number of nitrogens with one attached hydrogen (secondary N) is 1. The Labute approximate surface area is 179 Å². The lowest BCUT2D eigenvalue weighted by Crippen LogP contribution is -2.15. The number of carbonyl (C=O) groups is 1. The molecule has 0 bridgehead atoms. The van der Waals surface area contributed by atoms with Crippen molar-refractivity contribution in [1.82, 2.24) is 9.78 Å². The minimum atomic E-state index is -0.119. The molecule has 1 aromatic heterocycles. The van der Waals surface area contributed by atoms with Crippen molar-refractivity contribution in [1.29, 1.82) is 0 Å². The summed E-state index contributed by atoms with van der Waals surface area (Å²) >= 11 is 1.55. The zero-order valence-corrected chi connectivity index (χ0v) is 18.1.